The maximum atomic E-state index is 12.5. The molecule has 5 nitrogen and oxygen atoms in total. The zero-order chi connectivity index (χ0) is 15.5. The normalized spacial score (nSPS) is 17.7. The Kier molecular flexibility index (Phi) is 4.13. The number of ether oxygens (including phenoxy) is 1. The van der Waals surface area contributed by atoms with E-state index in [1.165, 1.54) is 5.56 Å². The highest BCUT2D eigenvalue weighted by Gasteiger charge is 2.30. The fraction of sp³-hybridized carbons (Fsp3) is 0.412. The first-order valence-electron chi connectivity index (χ1n) is 7.54. The van der Waals surface area contributed by atoms with E-state index in [0.717, 1.165) is 31.6 Å². The molecule has 2 heterocycles. The van der Waals surface area contributed by atoms with Crippen molar-refractivity contribution in [1.29, 1.82) is 0 Å². The molecule has 22 heavy (non-hydrogen) atoms. The molecule has 116 valence electrons. The number of aryl methyl sites for hydroxylation is 1. The largest absolute Gasteiger partial charge is 0.497 e. The van der Waals surface area contributed by atoms with Crippen molar-refractivity contribution in [3.63, 3.8) is 0 Å². The predicted molar refractivity (Wildman–Crippen MR) is 82.0 cm³/mol. The number of hydrogen-bond acceptors (Lipinski definition) is 4. The quantitative estimate of drug-likeness (QED) is 0.871. The molecule has 1 aliphatic rings. The van der Waals surface area contributed by atoms with E-state index >= 15 is 0 Å². The van der Waals surface area contributed by atoms with Crippen LogP contribution in [0.15, 0.2) is 34.9 Å². The van der Waals surface area contributed by atoms with Gasteiger partial charge >= 0.3 is 0 Å². The first kappa shape index (κ1) is 14.6. The second kappa shape index (κ2) is 6.22. The number of carbonyl (C=O) groups excluding carboxylic acids is 1. The van der Waals surface area contributed by atoms with Gasteiger partial charge in [-0.05, 0) is 43.9 Å². The van der Waals surface area contributed by atoms with Gasteiger partial charge in [-0.2, -0.15) is 0 Å². The zero-order valence-electron chi connectivity index (χ0n) is 12.9. The van der Waals surface area contributed by atoms with Crippen LogP contribution in [0.5, 0.6) is 5.75 Å². The van der Waals surface area contributed by atoms with Gasteiger partial charge in [0.05, 0.1) is 7.11 Å². The van der Waals surface area contributed by atoms with Crippen LogP contribution in [0.3, 0.4) is 0 Å². The molecular formula is C17H20N2O3. The third-order valence-corrected chi connectivity index (χ3v) is 4.12. The number of carbonyl (C=O) groups is 1. The van der Waals surface area contributed by atoms with E-state index in [1.54, 1.807) is 20.1 Å². The Bertz CT molecular complexity index is 648. The van der Waals surface area contributed by atoms with E-state index in [-0.39, 0.29) is 11.9 Å². The summed E-state index contributed by atoms with van der Waals surface area (Å²) in [6, 6.07) is 9.94. The molecule has 0 bridgehead atoms. The molecule has 1 aromatic heterocycles. The van der Waals surface area contributed by atoms with Crippen LogP contribution in [0, 0.1) is 6.92 Å². The average molecular weight is 300 g/mol. The Balaban J connectivity index is 1.71. The standard InChI is InChI=1S/C17H20N2O3/c1-12-10-16(18-22-12)17(20)19-9-3-4-14(19)11-13-5-7-15(21-2)8-6-13/h5-8,10,14H,3-4,9,11H2,1-2H3. The van der Waals surface area contributed by atoms with E-state index in [1.807, 2.05) is 17.0 Å². The lowest BCUT2D eigenvalue weighted by molar-refractivity contribution is 0.0726. The van der Waals surface area contributed by atoms with Crippen LogP contribution in [-0.2, 0) is 6.42 Å². The summed E-state index contributed by atoms with van der Waals surface area (Å²) < 4.78 is 10.2. The Morgan fingerprint density at radius 3 is 2.82 bits per heavy atom. The maximum Gasteiger partial charge on any atom is 0.276 e. The average Bonchev–Trinajstić information content (AvgIpc) is 3.16. The molecule has 1 amide bonds. The SMILES string of the molecule is COc1ccc(CC2CCCN2C(=O)c2cc(C)on2)cc1. The highest BCUT2D eigenvalue weighted by molar-refractivity contribution is 5.92. The molecule has 1 aromatic carbocycles. The molecule has 1 saturated heterocycles. The molecule has 1 unspecified atom stereocenters. The Labute approximate surface area is 129 Å². The third-order valence-electron chi connectivity index (χ3n) is 4.12. The van der Waals surface area contributed by atoms with Crippen molar-refractivity contribution in [3.8, 4) is 5.75 Å². The Morgan fingerprint density at radius 2 is 2.18 bits per heavy atom. The first-order valence-corrected chi connectivity index (χ1v) is 7.54. The summed E-state index contributed by atoms with van der Waals surface area (Å²) >= 11 is 0. The van der Waals surface area contributed by atoms with E-state index in [0.29, 0.717) is 11.5 Å². The van der Waals surface area contributed by atoms with Crippen molar-refractivity contribution in [3.05, 3.63) is 47.3 Å². The van der Waals surface area contributed by atoms with Crippen LogP contribution >= 0.6 is 0 Å². The molecule has 3 rings (SSSR count). The van der Waals surface area contributed by atoms with E-state index in [2.05, 4.69) is 17.3 Å². The van der Waals surface area contributed by atoms with Gasteiger partial charge in [0.2, 0.25) is 0 Å². The van der Waals surface area contributed by atoms with Crippen molar-refractivity contribution in [2.45, 2.75) is 32.2 Å². The van der Waals surface area contributed by atoms with Crippen LogP contribution in [0.2, 0.25) is 0 Å². The van der Waals surface area contributed by atoms with Crippen LogP contribution in [-0.4, -0.2) is 35.7 Å². The van der Waals surface area contributed by atoms with E-state index in [4.69, 9.17) is 9.26 Å². The molecule has 5 heteroatoms. The molecule has 0 aliphatic carbocycles. The zero-order valence-corrected chi connectivity index (χ0v) is 12.9. The number of amides is 1. The number of aromatic nitrogens is 1. The molecular weight excluding hydrogens is 280 g/mol. The summed E-state index contributed by atoms with van der Waals surface area (Å²) in [5, 5.41) is 3.84. The molecule has 0 spiro atoms. The Morgan fingerprint density at radius 1 is 1.41 bits per heavy atom. The van der Waals surface area contributed by atoms with Crippen LogP contribution < -0.4 is 4.74 Å². The van der Waals surface area contributed by atoms with Gasteiger partial charge in [0.15, 0.2) is 5.69 Å². The summed E-state index contributed by atoms with van der Waals surface area (Å²) in [4.78, 5) is 14.5. The minimum Gasteiger partial charge on any atom is -0.497 e. The van der Waals surface area contributed by atoms with Gasteiger partial charge in [0.25, 0.3) is 5.91 Å². The number of methoxy groups -OCH3 is 1. The molecule has 0 N–H and O–H groups in total. The van der Waals surface area contributed by atoms with E-state index < -0.39 is 0 Å². The minimum atomic E-state index is -0.0344. The highest BCUT2D eigenvalue weighted by Crippen LogP contribution is 2.24. The molecule has 1 atom stereocenters. The number of likely N-dealkylation sites (tertiary alicyclic amines) is 1. The van der Waals surface area contributed by atoms with Crippen LogP contribution in [0.1, 0.15) is 34.7 Å². The minimum absolute atomic E-state index is 0.0344. The fourth-order valence-corrected chi connectivity index (χ4v) is 2.96. The van der Waals surface area contributed by atoms with Crippen LogP contribution in [0.4, 0.5) is 0 Å². The Hall–Kier alpha value is -2.30. The summed E-state index contributed by atoms with van der Waals surface area (Å²) in [5.41, 5.74) is 1.61. The lowest BCUT2D eigenvalue weighted by Gasteiger charge is -2.24. The second-order valence-corrected chi connectivity index (χ2v) is 5.67. The maximum absolute atomic E-state index is 12.5. The van der Waals surface area contributed by atoms with Crippen LogP contribution in [0.25, 0.3) is 0 Å². The second-order valence-electron chi connectivity index (χ2n) is 5.67. The van der Waals surface area contributed by atoms with Gasteiger partial charge in [-0.25, -0.2) is 0 Å². The fourth-order valence-electron chi connectivity index (χ4n) is 2.96. The lowest BCUT2D eigenvalue weighted by atomic mass is 10.0. The van der Waals surface area contributed by atoms with Gasteiger partial charge in [-0.15, -0.1) is 0 Å². The van der Waals surface area contributed by atoms with Crippen molar-refractivity contribution < 1.29 is 14.1 Å². The number of rotatable bonds is 4. The van der Waals surface area contributed by atoms with Gasteiger partial charge in [-0.1, -0.05) is 17.3 Å². The number of benzene rings is 1. The van der Waals surface area contributed by atoms with Crippen molar-refractivity contribution in [2.24, 2.45) is 0 Å². The number of hydrogen-bond donors (Lipinski definition) is 0. The summed E-state index contributed by atoms with van der Waals surface area (Å²) in [6.07, 6.45) is 2.91. The van der Waals surface area contributed by atoms with Gasteiger partial charge in [0.1, 0.15) is 11.5 Å². The summed E-state index contributed by atoms with van der Waals surface area (Å²) in [5.74, 6) is 1.48. The van der Waals surface area contributed by atoms with Gasteiger partial charge < -0.3 is 14.2 Å². The summed E-state index contributed by atoms with van der Waals surface area (Å²) in [7, 11) is 1.66. The van der Waals surface area contributed by atoms with Crippen molar-refractivity contribution in [1.82, 2.24) is 10.1 Å². The number of nitrogens with zero attached hydrogens (tertiary/aromatic N) is 2. The smallest absolute Gasteiger partial charge is 0.276 e. The third kappa shape index (κ3) is 2.98. The van der Waals surface area contributed by atoms with E-state index in [9.17, 15) is 4.79 Å². The molecule has 1 aliphatic heterocycles. The monoisotopic (exact) mass is 300 g/mol. The van der Waals surface area contributed by atoms with Gasteiger partial charge in [0, 0.05) is 18.7 Å². The summed E-state index contributed by atoms with van der Waals surface area (Å²) in [6.45, 7) is 2.58. The molecule has 1 fully saturated rings. The lowest BCUT2D eigenvalue weighted by Crippen LogP contribution is -2.37. The molecule has 0 radical (unpaired) electrons. The molecule has 2 aromatic rings. The predicted octanol–water partition coefficient (Wildman–Crippen LogP) is 2.84. The first-order chi connectivity index (χ1) is 10.7. The van der Waals surface area contributed by atoms with Gasteiger partial charge in [-0.3, -0.25) is 4.79 Å². The van der Waals surface area contributed by atoms with Crippen molar-refractivity contribution >= 4 is 5.91 Å². The topological polar surface area (TPSA) is 55.6 Å². The van der Waals surface area contributed by atoms with Crippen molar-refractivity contribution in [2.75, 3.05) is 13.7 Å². The molecule has 0 saturated carbocycles. The highest BCUT2D eigenvalue weighted by atomic mass is 16.5.